The number of phenolic OH excluding ortho intramolecular Hbond substituents is 1. The minimum atomic E-state index is 0.337. The third kappa shape index (κ3) is 2.56. The van der Waals surface area contributed by atoms with Crippen molar-refractivity contribution in [1.82, 2.24) is 0 Å². The Morgan fingerprint density at radius 3 is 2.60 bits per heavy atom. The number of fused-ring (bicyclic) bond motifs is 3. The zero-order valence-corrected chi connectivity index (χ0v) is 12.4. The van der Waals surface area contributed by atoms with Crippen molar-refractivity contribution in [3.8, 4) is 5.75 Å². The van der Waals surface area contributed by atoms with Crippen molar-refractivity contribution < 1.29 is 5.11 Å². The van der Waals surface area contributed by atoms with E-state index in [0.717, 1.165) is 11.1 Å². The van der Waals surface area contributed by atoms with Crippen LogP contribution in [0.4, 0.5) is 0 Å². The van der Waals surface area contributed by atoms with Crippen molar-refractivity contribution in [3.63, 3.8) is 0 Å². The van der Waals surface area contributed by atoms with Gasteiger partial charge in [-0.25, -0.2) is 0 Å². The molecule has 1 N–H and O–H groups in total. The molecule has 0 amide bonds. The summed E-state index contributed by atoms with van der Waals surface area (Å²) in [6.45, 7) is 2.21. The number of hydrogen-bond acceptors (Lipinski definition) is 2. The first-order valence-corrected chi connectivity index (χ1v) is 7.91. The zero-order chi connectivity index (χ0) is 13.9. The molecule has 20 heavy (non-hydrogen) atoms. The second-order valence-electron chi connectivity index (χ2n) is 5.08. The first kappa shape index (κ1) is 13.2. The minimum absolute atomic E-state index is 0.337. The molecule has 3 rings (SSSR count). The largest absolute Gasteiger partial charge is 0.508 e. The summed E-state index contributed by atoms with van der Waals surface area (Å²) < 4.78 is 2.43. The Bertz CT molecular complexity index is 768. The average Bonchev–Trinajstić information content (AvgIpc) is 2.80. The van der Waals surface area contributed by atoms with Crippen molar-refractivity contribution >= 4 is 37.6 Å². The Hall–Kier alpha value is -1.80. The molecular formula is C18H18OS. The van der Waals surface area contributed by atoms with Crippen LogP contribution >= 0.6 is 11.3 Å². The molecule has 0 saturated heterocycles. The van der Waals surface area contributed by atoms with Crippen LogP contribution in [-0.4, -0.2) is 5.11 Å². The van der Waals surface area contributed by atoms with Gasteiger partial charge in [0.05, 0.1) is 0 Å². The third-order valence-electron chi connectivity index (χ3n) is 3.52. The first-order chi connectivity index (χ1) is 9.78. The number of hydrogen-bond donors (Lipinski definition) is 1. The quantitative estimate of drug-likeness (QED) is 0.585. The Balaban J connectivity index is 1.99. The molecule has 1 aromatic heterocycles. The van der Waals surface area contributed by atoms with Crippen LogP contribution in [0.15, 0.2) is 42.5 Å². The molecule has 0 fully saturated rings. The Labute approximate surface area is 123 Å². The molecule has 1 nitrogen and oxygen atoms in total. The van der Waals surface area contributed by atoms with Crippen LogP contribution in [0.1, 0.15) is 31.7 Å². The van der Waals surface area contributed by atoms with Gasteiger partial charge in [0.1, 0.15) is 5.75 Å². The lowest BCUT2D eigenvalue weighted by molar-refractivity contribution is 0.476. The number of allylic oxidation sites excluding steroid dienone is 1. The van der Waals surface area contributed by atoms with Crippen LogP contribution in [0.2, 0.25) is 0 Å². The van der Waals surface area contributed by atoms with Crippen molar-refractivity contribution in [2.75, 3.05) is 0 Å². The number of aromatic hydroxyl groups is 1. The molecule has 0 spiro atoms. The normalized spacial score (nSPS) is 11.8. The fraction of sp³-hybridized carbons (Fsp3) is 0.222. The number of unbranched alkanes of at least 4 members (excludes halogenated alkanes) is 2. The summed E-state index contributed by atoms with van der Waals surface area (Å²) in [7, 11) is 0. The molecule has 0 radical (unpaired) electrons. The highest BCUT2D eigenvalue weighted by Crippen LogP contribution is 2.36. The molecule has 1 heterocycles. The van der Waals surface area contributed by atoms with Gasteiger partial charge in [0.2, 0.25) is 0 Å². The van der Waals surface area contributed by atoms with Crippen molar-refractivity contribution in [2.24, 2.45) is 0 Å². The van der Waals surface area contributed by atoms with Crippen LogP contribution in [0, 0.1) is 0 Å². The fourth-order valence-electron chi connectivity index (χ4n) is 2.43. The topological polar surface area (TPSA) is 20.2 Å². The van der Waals surface area contributed by atoms with Gasteiger partial charge in [0.15, 0.2) is 0 Å². The van der Waals surface area contributed by atoms with Gasteiger partial charge < -0.3 is 5.11 Å². The van der Waals surface area contributed by atoms with E-state index in [2.05, 4.69) is 37.3 Å². The van der Waals surface area contributed by atoms with Gasteiger partial charge in [0, 0.05) is 20.2 Å². The molecule has 2 aromatic carbocycles. The van der Waals surface area contributed by atoms with E-state index in [1.54, 1.807) is 17.4 Å². The third-order valence-corrected chi connectivity index (χ3v) is 4.63. The highest BCUT2D eigenvalue weighted by atomic mass is 32.1. The van der Waals surface area contributed by atoms with E-state index in [1.807, 2.05) is 12.1 Å². The van der Waals surface area contributed by atoms with Crippen molar-refractivity contribution in [3.05, 3.63) is 48.0 Å². The van der Waals surface area contributed by atoms with E-state index in [-0.39, 0.29) is 0 Å². The summed E-state index contributed by atoms with van der Waals surface area (Å²) in [4.78, 5) is 0. The van der Waals surface area contributed by atoms with E-state index < -0.39 is 0 Å². The molecule has 102 valence electrons. The minimum Gasteiger partial charge on any atom is -0.508 e. The maximum atomic E-state index is 9.57. The maximum Gasteiger partial charge on any atom is 0.117 e. The summed E-state index contributed by atoms with van der Waals surface area (Å²) in [6, 6.07) is 12.2. The van der Waals surface area contributed by atoms with Crippen molar-refractivity contribution in [1.29, 1.82) is 0 Å². The lowest BCUT2D eigenvalue weighted by atomic mass is 10.1. The number of thiophene rings is 1. The number of phenols is 1. The predicted molar refractivity (Wildman–Crippen MR) is 89.6 cm³/mol. The van der Waals surface area contributed by atoms with Crippen LogP contribution < -0.4 is 0 Å². The van der Waals surface area contributed by atoms with E-state index in [1.165, 1.54) is 33.9 Å². The molecule has 0 atom stereocenters. The maximum absolute atomic E-state index is 9.57. The van der Waals surface area contributed by atoms with Gasteiger partial charge in [-0.2, -0.15) is 0 Å². The molecule has 3 aromatic rings. The Kier molecular flexibility index (Phi) is 3.75. The van der Waals surface area contributed by atoms with Gasteiger partial charge in [-0.05, 0) is 36.2 Å². The molecule has 2 heteroatoms. The second-order valence-corrected chi connectivity index (χ2v) is 6.17. The van der Waals surface area contributed by atoms with Crippen LogP contribution in [-0.2, 0) is 0 Å². The van der Waals surface area contributed by atoms with Crippen molar-refractivity contribution in [2.45, 2.75) is 26.2 Å². The average molecular weight is 282 g/mol. The Morgan fingerprint density at radius 2 is 1.80 bits per heavy atom. The van der Waals surface area contributed by atoms with E-state index >= 15 is 0 Å². The van der Waals surface area contributed by atoms with Gasteiger partial charge in [-0.1, -0.05) is 44.1 Å². The molecule has 0 unspecified atom stereocenters. The second kappa shape index (κ2) is 5.68. The van der Waals surface area contributed by atoms with E-state index in [0.29, 0.717) is 5.75 Å². The van der Waals surface area contributed by atoms with Crippen LogP contribution in [0.25, 0.3) is 26.2 Å². The van der Waals surface area contributed by atoms with Gasteiger partial charge >= 0.3 is 0 Å². The Morgan fingerprint density at radius 1 is 1.05 bits per heavy atom. The molecular weight excluding hydrogens is 264 g/mol. The summed E-state index contributed by atoms with van der Waals surface area (Å²) in [5.74, 6) is 0.337. The summed E-state index contributed by atoms with van der Waals surface area (Å²) in [5, 5.41) is 12.1. The lowest BCUT2D eigenvalue weighted by Gasteiger charge is -1.96. The SMILES string of the molecule is CCCC/C=C/c1ccc2c(c1)sc1cc(O)ccc12. The lowest BCUT2D eigenvalue weighted by Crippen LogP contribution is -1.72. The smallest absolute Gasteiger partial charge is 0.117 e. The van der Waals surface area contributed by atoms with E-state index in [4.69, 9.17) is 0 Å². The van der Waals surface area contributed by atoms with Crippen LogP contribution in [0.3, 0.4) is 0 Å². The van der Waals surface area contributed by atoms with Gasteiger partial charge in [0.25, 0.3) is 0 Å². The summed E-state index contributed by atoms with van der Waals surface area (Å²) in [6.07, 6.45) is 8.10. The van der Waals surface area contributed by atoms with Gasteiger partial charge in [-0.15, -0.1) is 11.3 Å². The molecule has 0 saturated carbocycles. The number of benzene rings is 2. The summed E-state index contributed by atoms with van der Waals surface area (Å²) >= 11 is 1.74. The number of rotatable bonds is 4. The molecule has 0 aliphatic carbocycles. The van der Waals surface area contributed by atoms with Gasteiger partial charge in [-0.3, -0.25) is 0 Å². The standard InChI is InChI=1S/C18H18OS/c1-2-3-4-5-6-13-7-9-15-16-10-8-14(19)12-18(16)20-17(15)11-13/h5-12,19H,2-4H2,1H3/b6-5+. The highest BCUT2D eigenvalue weighted by Gasteiger charge is 2.05. The van der Waals surface area contributed by atoms with E-state index in [9.17, 15) is 5.11 Å². The van der Waals surface area contributed by atoms with Crippen LogP contribution in [0.5, 0.6) is 5.75 Å². The highest BCUT2D eigenvalue weighted by molar-refractivity contribution is 7.25. The molecule has 0 aliphatic heterocycles. The fourth-order valence-corrected chi connectivity index (χ4v) is 3.61. The zero-order valence-electron chi connectivity index (χ0n) is 11.6. The monoisotopic (exact) mass is 282 g/mol. The summed E-state index contributed by atoms with van der Waals surface area (Å²) in [5.41, 5.74) is 1.25. The molecule has 0 aliphatic rings. The predicted octanol–water partition coefficient (Wildman–Crippen LogP) is 5.96. The first-order valence-electron chi connectivity index (χ1n) is 7.10. The molecule has 0 bridgehead atoms.